The second-order valence-corrected chi connectivity index (χ2v) is 15.4. The Morgan fingerprint density at radius 3 is 2.57 bits per heavy atom. The molecule has 0 aromatic carbocycles. The van der Waals surface area contributed by atoms with Crippen molar-refractivity contribution in [1.29, 1.82) is 0 Å². The van der Waals surface area contributed by atoms with Gasteiger partial charge in [-0.1, -0.05) is 17.7 Å². The van der Waals surface area contributed by atoms with Gasteiger partial charge in [-0.05, 0) is 103 Å². The summed E-state index contributed by atoms with van der Waals surface area (Å²) in [6.45, 7) is 11.0. The summed E-state index contributed by atoms with van der Waals surface area (Å²) in [7, 11) is 0. The molecule has 11 nitrogen and oxygen atoms in total. The molecule has 1 saturated heterocycles. The van der Waals surface area contributed by atoms with E-state index in [4.69, 9.17) is 21.1 Å². The van der Waals surface area contributed by atoms with E-state index in [9.17, 15) is 22.8 Å². The number of aromatic nitrogens is 2. The highest BCUT2D eigenvalue weighted by atomic mass is 35.5. The smallest absolute Gasteiger partial charge is 0.410 e. The van der Waals surface area contributed by atoms with Crippen LogP contribution in [0.15, 0.2) is 47.6 Å². The van der Waals surface area contributed by atoms with Crippen LogP contribution in [-0.4, -0.2) is 70.1 Å². The van der Waals surface area contributed by atoms with E-state index in [0.717, 1.165) is 24.8 Å². The average molecular weight is 726 g/mol. The van der Waals surface area contributed by atoms with Crippen LogP contribution in [0.1, 0.15) is 77.1 Å². The molecular formula is C33H43ClF3N7O4S. The molecule has 1 saturated carbocycles. The van der Waals surface area contributed by atoms with Crippen molar-refractivity contribution in [2.24, 2.45) is 11.3 Å². The molecule has 0 bridgehead atoms. The Kier molecular flexibility index (Phi) is 11.0. The van der Waals surface area contributed by atoms with Crippen molar-refractivity contribution in [1.82, 2.24) is 25.0 Å². The number of likely N-dealkylation sites (tertiary alicyclic amines) is 1. The summed E-state index contributed by atoms with van der Waals surface area (Å²) in [5, 5.41) is 5.40. The Bertz CT molecular complexity index is 1550. The third kappa shape index (κ3) is 9.50. The third-order valence-corrected chi connectivity index (χ3v) is 9.75. The molecule has 16 heteroatoms. The van der Waals surface area contributed by atoms with Crippen molar-refractivity contribution in [3.8, 4) is 0 Å². The van der Waals surface area contributed by atoms with E-state index < -0.39 is 29.3 Å². The highest BCUT2D eigenvalue weighted by Crippen LogP contribution is 2.59. The van der Waals surface area contributed by atoms with Gasteiger partial charge in [0.1, 0.15) is 33.6 Å². The molecule has 2 aromatic rings. The van der Waals surface area contributed by atoms with Crippen LogP contribution in [0.25, 0.3) is 0 Å². The number of nitrogens with one attached hydrogen (secondary N) is 3. The van der Waals surface area contributed by atoms with Crippen LogP contribution in [0.5, 0.6) is 0 Å². The maximum atomic E-state index is 13.2. The summed E-state index contributed by atoms with van der Waals surface area (Å²) in [5.41, 5.74) is 0.693. The van der Waals surface area contributed by atoms with Crippen molar-refractivity contribution < 1.29 is 32.2 Å². The molecule has 1 aliphatic carbocycles. The SMILES string of the molecule is CC(C)(C)OC(=O)N1CC(CCNc2cccc(SNC(=O)c3ccc(N4C=CC(OCCC5(C(F)(F)F)CC5)N4)nc3Cl)n2)CC1(C)C. The monoisotopic (exact) mass is 725 g/mol. The Labute approximate surface area is 293 Å². The van der Waals surface area contributed by atoms with E-state index in [1.807, 2.05) is 37.8 Å². The van der Waals surface area contributed by atoms with Gasteiger partial charge in [0, 0.05) is 43.4 Å². The highest BCUT2D eigenvalue weighted by Gasteiger charge is 2.62. The lowest BCUT2D eigenvalue weighted by atomic mass is 9.94. The summed E-state index contributed by atoms with van der Waals surface area (Å²) in [5.74, 6) is 0.891. The molecule has 0 spiro atoms. The van der Waals surface area contributed by atoms with Crippen molar-refractivity contribution in [3.63, 3.8) is 0 Å². The Morgan fingerprint density at radius 2 is 1.90 bits per heavy atom. The van der Waals surface area contributed by atoms with E-state index >= 15 is 0 Å². The molecule has 2 atom stereocenters. The number of pyridine rings is 2. The molecule has 2 unspecified atom stereocenters. The number of carbonyl (C=O) groups excluding carboxylic acids is 2. The molecule has 4 heterocycles. The van der Waals surface area contributed by atoms with Crippen molar-refractivity contribution >= 4 is 47.2 Å². The molecule has 3 N–H and O–H groups in total. The lowest BCUT2D eigenvalue weighted by molar-refractivity contribution is -0.192. The minimum Gasteiger partial charge on any atom is -0.444 e. The fraction of sp³-hybridized carbons (Fsp3) is 0.576. The topological polar surface area (TPSA) is 121 Å². The predicted octanol–water partition coefficient (Wildman–Crippen LogP) is 7.32. The molecule has 2 amide bonds. The summed E-state index contributed by atoms with van der Waals surface area (Å²) < 4.78 is 53.4. The van der Waals surface area contributed by atoms with Crippen molar-refractivity contribution in [3.05, 3.63) is 53.3 Å². The number of anilines is 2. The number of hydrogen-bond donors (Lipinski definition) is 3. The van der Waals surface area contributed by atoms with Gasteiger partial charge < -0.3 is 19.7 Å². The standard InChI is InChI=1S/C33H43ClF3N7O4S/c1-30(2,3)48-29(46)43-20-21(19-31(43,4)5)11-16-38-23-7-6-8-26(39-23)49-42-28(45)22-9-10-24(40-27(22)34)44-17-12-25(41-44)47-18-15-32(13-14-32)33(35,36)37/h6-10,12,17,21,25,41H,11,13-16,18-20H2,1-5H3,(H,38,39)(H,42,45). The van der Waals surface area contributed by atoms with Crippen LogP contribution in [0, 0.1) is 11.3 Å². The summed E-state index contributed by atoms with van der Waals surface area (Å²) in [6, 6.07) is 8.58. The second-order valence-electron chi connectivity index (χ2n) is 14.3. The molecule has 2 aliphatic heterocycles. The first kappa shape index (κ1) is 37.0. The molecule has 268 valence electrons. The third-order valence-electron chi connectivity index (χ3n) is 8.74. The van der Waals surface area contributed by atoms with E-state index in [2.05, 4.69) is 39.3 Å². The van der Waals surface area contributed by atoms with Crippen LogP contribution in [-0.2, 0) is 9.47 Å². The van der Waals surface area contributed by atoms with E-state index in [0.29, 0.717) is 35.7 Å². The predicted molar refractivity (Wildman–Crippen MR) is 182 cm³/mol. The Hall–Kier alpha value is -3.27. The number of alkyl halides is 3. The summed E-state index contributed by atoms with van der Waals surface area (Å²) in [6.07, 6.45) is 0.0871. The van der Waals surface area contributed by atoms with Gasteiger partial charge in [-0.3, -0.25) is 14.5 Å². The van der Waals surface area contributed by atoms with E-state index in [-0.39, 0.29) is 48.2 Å². The van der Waals surface area contributed by atoms with Gasteiger partial charge >= 0.3 is 12.3 Å². The van der Waals surface area contributed by atoms with Gasteiger partial charge in [-0.15, -0.1) is 0 Å². The largest absolute Gasteiger partial charge is 0.444 e. The quantitative estimate of drug-likeness (QED) is 0.152. The highest BCUT2D eigenvalue weighted by molar-refractivity contribution is 7.97. The summed E-state index contributed by atoms with van der Waals surface area (Å²) in [4.78, 5) is 36.3. The first-order valence-corrected chi connectivity index (χ1v) is 17.4. The first-order valence-electron chi connectivity index (χ1n) is 16.2. The Balaban J connectivity index is 1.05. The minimum atomic E-state index is -4.21. The molecule has 0 radical (unpaired) electrons. The number of rotatable bonds is 12. The molecule has 49 heavy (non-hydrogen) atoms. The number of halogens is 4. The molecule has 5 rings (SSSR count). The van der Waals surface area contributed by atoms with Gasteiger partial charge in [-0.2, -0.15) is 18.6 Å². The molecular weight excluding hydrogens is 683 g/mol. The lowest BCUT2D eigenvalue weighted by Gasteiger charge is -2.33. The van der Waals surface area contributed by atoms with E-state index in [1.54, 1.807) is 24.4 Å². The van der Waals surface area contributed by atoms with Gasteiger partial charge in [-0.25, -0.2) is 14.8 Å². The van der Waals surface area contributed by atoms with Crippen molar-refractivity contribution in [2.75, 3.05) is 30.0 Å². The zero-order valence-electron chi connectivity index (χ0n) is 28.2. The fourth-order valence-electron chi connectivity index (χ4n) is 5.90. The fourth-order valence-corrected chi connectivity index (χ4v) is 6.74. The number of ether oxygens (including phenoxy) is 2. The Morgan fingerprint density at radius 1 is 1.14 bits per heavy atom. The summed E-state index contributed by atoms with van der Waals surface area (Å²) >= 11 is 7.40. The number of nitrogens with zero attached hydrogens (tertiary/aromatic N) is 4. The number of amides is 2. The van der Waals surface area contributed by atoms with Gasteiger partial charge in [0.2, 0.25) is 0 Å². The molecule has 2 fully saturated rings. The van der Waals surface area contributed by atoms with Gasteiger partial charge in [0.25, 0.3) is 5.91 Å². The van der Waals surface area contributed by atoms with Crippen LogP contribution < -0.4 is 20.5 Å². The van der Waals surface area contributed by atoms with Crippen LogP contribution in [0.3, 0.4) is 0 Å². The van der Waals surface area contributed by atoms with E-state index in [1.165, 1.54) is 11.1 Å². The zero-order valence-corrected chi connectivity index (χ0v) is 29.8. The second kappa shape index (κ2) is 14.5. The normalized spacial score (nSPS) is 21.2. The average Bonchev–Trinajstić information content (AvgIpc) is 3.55. The van der Waals surface area contributed by atoms with Gasteiger partial charge in [0.15, 0.2) is 0 Å². The maximum Gasteiger partial charge on any atom is 0.410 e. The van der Waals surface area contributed by atoms with Crippen molar-refractivity contribution in [2.45, 2.75) is 95.3 Å². The van der Waals surface area contributed by atoms with Crippen LogP contribution in [0.4, 0.5) is 29.6 Å². The first-order chi connectivity index (χ1) is 22.9. The minimum absolute atomic E-state index is 0.0280. The number of carbonyl (C=O) groups is 2. The van der Waals surface area contributed by atoms with Crippen LogP contribution >= 0.6 is 23.5 Å². The number of hydrogen-bond acceptors (Lipinski definition) is 10. The maximum absolute atomic E-state index is 13.2. The zero-order chi connectivity index (χ0) is 35.6. The number of hydrazine groups is 1. The van der Waals surface area contributed by atoms with Crippen LogP contribution in [0.2, 0.25) is 5.15 Å². The molecule has 3 aliphatic rings. The van der Waals surface area contributed by atoms with Gasteiger partial charge in [0.05, 0.1) is 11.0 Å². The lowest BCUT2D eigenvalue weighted by Crippen LogP contribution is -2.45. The molecule has 2 aromatic heterocycles.